The molecule has 2 aromatic rings. The van der Waals surface area contributed by atoms with Gasteiger partial charge in [-0.25, -0.2) is 0 Å². The van der Waals surface area contributed by atoms with Gasteiger partial charge in [0.2, 0.25) is 0 Å². The van der Waals surface area contributed by atoms with Crippen molar-refractivity contribution in [1.29, 1.82) is 0 Å². The van der Waals surface area contributed by atoms with E-state index in [1.807, 2.05) is 48.5 Å². The van der Waals surface area contributed by atoms with Crippen LogP contribution >= 0.6 is 12.2 Å². The number of anilines is 1. The van der Waals surface area contributed by atoms with E-state index in [-0.39, 0.29) is 0 Å². The topological polar surface area (TPSA) is 32.3 Å². The van der Waals surface area contributed by atoms with Gasteiger partial charge in [-0.05, 0) is 37.0 Å². The van der Waals surface area contributed by atoms with Crippen molar-refractivity contribution in [2.75, 3.05) is 5.32 Å². The van der Waals surface area contributed by atoms with Crippen LogP contribution in [0.5, 0.6) is 0 Å². The van der Waals surface area contributed by atoms with E-state index in [2.05, 4.69) is 11.4 Å². The molecule has 0 atom stereocenters. The minimum atomic E-state index is 0.316. The minimum absolute atomic E-state index is 0.316. The number of nitrogens with one attached hydrogen (secondary N) is 1. The molecular formula is C18H17NOS. The number of hydrogen-bond acceptors (Lipinski definition) is 2. The Kier molecular flexibility index (Phi) is 4.02. The highest BCUT2D eigenvalue weighted by Crippen LogP contribution is 2.29. The largest absolute Gasteiger partial charge is 0.507 e. The molecule has 0 heterocycles. The van der Waals surface area contributed by atoms with Gasteiger partial charge in [0.25, 0.3) is 0 Å². The molecule has 2 aromatic carbocycles. The number of aliphatic hydroxyl groups is 1. The summed E-state index contributed by atoms with van der Waals surface area (Å²) in [6.07, 6.45) is 2.75. The highest BCUT2D eigenvalue weighted by atomic mass is 32.1. The SMILES string of the molecule is OC1=C(C(=S)Nc2ccccc2)CCCc2ccccc21. The van der Waals surface area contributed by atoms with Gasteiger partial charge in [0.15, 0.2) is 0 Å². The smallest absolute Gasteiger partial charge is 0.129 e. The Morgan fingerprint density at radius 3 is 2.48 bits per heavy atom. The first-order valence-corrected chi connectivity index (χ1v) is 7.53. The van der Waals surface area contributed by atoms with E-state index in [1.165, 1.54) is 5.56 Å². The molecule has 0 spiro atoms. The zero-order valence-corrected chi connectivity index (χ0v) is 12.5. The van der Waals surface area contributed by atoms with Gasteiger partial charge >= 0.3 is 0 Å². The van der Waals surface area contributed by atoms with Gasteiger partial charge in [-0.3, -0.25) is 0 Å². The van der Waals surface area contributed by atoms with Crippen LogP contribution < -0.4 is 5.32 Å². The van der Waals surface area contributed by atoms with Crippen LogP contribution in [0.4, 0.5) is 5.69 Å². The average Bonchev–Trinajstić information content (AvgIpc) is 2.68. The summed E-state index contributed by atoms with van der Waals surface area (Å²) in [7, 11) is 0. The summed E-state index contributed by atoms with van der Waals surface area (Å²) >= 11 is 5.49. The Morgan fingerprint density at radius 1 is 0.952 bits per heavy atom. The van der Waals surface area contributed by atoms with Gasteiger partial charge in [0.1, 0.15) is 10.7 Å². The molecule has 0 aliphatic heterocycles. The molecule has 1 aliphatic carbocycles. The van der Waals surface area contributed by atoms with Crippen molar-refractivity contribution in [2.45, 2.75) is 19.3 Å². The van der Waals surface area contributed by atoms with E-state index in [0.29, 0.717) is 10.7 Å². The summed E-state index contributed by atoms with van der Waals surface area (Å²) in [5.41, 5.74) is 3.87. The van der Waals surface area contributed by atoms with Gasteiger partial charge < -0.3 is 10.4 Å². The monoisotopic (exact) mass is 295 g/mol. The number of rotatable bonds is 2. The lowest BCUT2D eigenvalue weighted by atomic mass is 10.0. The van der Waals surface area contributed by atoms with Crippen LogP contribution in [0.2, 0.25) is 0 Å². The van der Waals surface area contributed by atoms with Crippen molar-refractivity contribution >= 4 is 28.7 Å². The highest BCUT2D eigenvalue weighted by molar-refractivity contribution is 7.81. The lowest BCUT2D eigenvalue weighted by Crippen LogP contribution is -2.13. The quantitative estimate of drug-likeness (QED) is 0.785. The van der Waals surface area contributed by atoms with Crippen LogP contribution in [0, 0.1) is 0 Å². The number of benzene rings is 2. The van der Waals surface area contributed by atoms with Gasteiger partial charge in [0.05, 0.1) is 0 Å². The molecule has 2 N–H and O–H groups in total. The van der Waals surface area contributed by atoms with Gasteiger partial charge in [-0.1, -0.05) is 54.7 Å². The fourth-order valence-electron chi connectivity index (χ4n) is 2.65. The van der Waals surface area contributed by atoms with Crippen molar-refractivity contribution in [3.8, 4) is 0 Å². The predicted molar refractivity (Wildman–Crippen MR) is 91.6 cm³/mol. The average molecular weight is 295 g/mol. The van der Waals surface area contributed by atoms with Crippen molar-refractivity contribution in [3.05, 3.63) is 71.3 Å². The zero-order valence-electron chi connectivity index (χ0n) is 11.7. The van der Waals surface area contributed by atoms with Crippen LogP contribution in [-0.4, -0.2) is 10.1 Å². The van der Waals surface area contributed by atoms with Crippen LogP contribution in [0.1, 0.15) is 24.0 Å². The van der Waals surface area contributed by atoms with Gasteiger partial charge in [0, 0.05) is 16.8 Å². The first kappa shape index (κ1) is 13.8. The fourth-order valence-corrected chi connectivity index (χ4v) is 2.97. The summed E-state index contributed by atoms with van der Waals surface area (Å²) in [5.74, 6) is 0.316. The molecule has 0 fully saturated rings. The molecule has 0 aromatic heterocycles. The second-order valence-electron chi connectivity index (χ2n) is 5.16. The number of hydrogen-bond donors (Lipinski definition) is 2. The Morgan fingerprint density at radius 2 is 1.67 bits per heavy atom. The molecule has 1 aliphatic rings. The maximum atomic E-state index is 10.6. The van der Waals surface area contributed by atoms with Crippen LogP contribution in [-0.2, 0) is 6.42 Å². The minimum Gasteiger partial charge on any atom is -0.507 e. The van der Waals surface area contributed by atoms with E-state index in [9.17, 15) is 5.11 Å². The third-order valence-electron chi connectivity index (χ3n) is 3.74. The van der Waals surface area contributed by atoms with E-state index in [0.717, 1.165) is 36.1 Å². The van der Waals surface area contributed by atoms with E-state index < -0.39 is 0 Å². The molecule has 2 nitrogen and oxygen atoms in total. The Labute approximate surface area is 130 Å². The molecule has 0 unspecified atom stereocenters. The number of thiocarbonyl (C=S) groups is 1. The number of para-hydroxylation sites is 1. The van der Waals surface area contributed by atoms with E-state index in [1.54, 1.807) is 0 Å². The van der Waals surface area contributed by atoms with Crippen molar-refractivity contribution in [3.63, 3.8) is 0 Å². The maximum Gasteiger partial charge on any atom is 0.129 e. The van der Waals surface area contributed by atoms with Crippen molar-refractivity contribution < 1.29 is 5.11 Å². The highest BCUT2D eigenvalue weighted by Gasteiger charge is 2.19. The third kappa shape index (κ3) is 2.98. The lowest BCUT2D eigenvalue weighted by Gasteiger charge is -2.13. The summed E-state index contributed by atoms with van der Waals surface area (Å²) in [6.45, 7) is 0. The summed E-state index contributed by atoms with van der Waals surface area (Å²) in [4.78, 5) is 0.607. The summed E-state index contributed by atoms with van der Waals surface area (Å²) in [6, 6.07) is 17.8. The third-order valence-corrected chi connectivity index (χ3v) is 4.09. The van der Waals surface area contributed by atoms with Gasteiger partial charge in [-0.2, -0.15) is 0 Å². The summed E-state index contributed by atoms with van der Waals surface area (Å²) in [5, 5.41) is 13.8. The molecule has 0 saturated carbocycles. The molecule has 0 amide bonds. The predicted octanol–water partition coefficient (Wildman–Crippen LogP) is 4.73. The van der Waals surface area contributed by atoms with E-state index in [4.69, 9.17) is 12.2 Å². The Hall–Kier alpha value is -2.13. The molecule has 21 heavy (non-hydrogen) atoms. The molecule has 3 heteroatoms. The first-order chi connectivity index (χ1) is 10.3. The second-order valence-corrected chi connectivity index (χ2v) is 5.57. The molecule has 106 valence electrons. The Bertz CT molecular complexity index is 691. The Balaban J connectivity index is 1.92. The second kappa shape index (κ2) is 6.10. The lowest BCUT2D eigenvalue weighted by molar-refractivity contribution is 0.507. The molecular weight excluding hydrogens is 278 g/mol. The molecule has 3 rings (SSSR count). The zero-order chi connectivity index (χ0) is 14.7. The summed E-state index contributed by atoms with van der Waals surface area (Å²) < 4.78 is 0. The number of fused-ring (bicyclic) bond motifs is 1. The number of aryl methyl sites for hydroxylation is 1. The molecule has 0 radical (unpaired) electrons. The van der Waals surface area contributed by atoms with Crippen LogP contribution in [0.15, 0.2) is 60.2 Å². The molecule has 0 bridgehead atoms. The van der Waals surface area contributed by atoms with Gasteiger partial charge in [-0.15, -0.1) is 0 Å². The number of aliphatic hydroxyl groups excluding tert-OH is 1. The van der Waals surface area contributed by atoms with Crippen molar-refractivity contribution in [1.82, 2.24) is 0 Å². The fraction of sp³-hybridized carbons (Fsp3) is 0.167. The molecule has 0 saturated heterocycles. The van der Waals surface area contributed by atoms with Crippen molar-refractivity contribution in [2.24, 2.45) is 0 Å². The van der Waals surface area contributed by atoms with Crippen LogP contribution in [0.25, 0.3) is 5.76 Å². The maximum absolute atomic E-state index is 10.6. The first-order valence-electron chi connectivity index (χ1n) is 7.12. The van der Waals surface area contributed by atoms with Crippen LogP contribution in [0.3, 0.4) is 0 Å². The van der Waals surface area contributed by atoms with E-state index >= 15 is 0 Å². The standard InChI is InChI=1S/C18H17NOS/c20-17-15-11-5-4-7-13(15)8-6-12-16(17)18(21)19-14-9-2-1-3-10-14/h1-5,7,9-11,20H,6,8,12H2,(H,19,21). The normalized spacial score (nSPS) is 14.3.